The minimum Gasteiger partial charge on any atom is -0.324 e. The van der Waals surface area contributed by atoms with Crippen LogP contribution in [0.3, 0.4) is 0 Å². The third kappa shape index (κ3) is 2.85. The van der Waals surface area contributed by atoms with Gasteiger partial charge in [-0.25, -0.2) is 9.97 Å². The smallest absolute Gasteiger partial charge is 0.159 e. The molecule has 1 aromatic carbocycles. The molecule has 0 spiro atoms. The van der Waals surface area contributed by atoms with Crippen molar-refractivity contribution in [1.29, 1.82) is 0 Å². The predicted octanol–water partition coefficient (Wildman–Crippen LogP) is 3.85. The summed E-state index contributed by atoms with van der Waals surface area (Å²) in [6.07, 6.45) is 1.83. The lowest BCUT2D eigenvalue weighted by Gasteiger charge is -2.11. The van der Waals surface area contributed by atoms with Gasteiger partial charge in [0.05, 0.1) is 0 Å². The summed E-state index contributed by atoms with van der Waals surface area (Å²) in [6.45, 7) is 8.06. The van der Waals surface area contributed by atoms with Crippen molar-refractivity contribution in [2.45, 2.75) is 33.7 Å². The Balaban J connectivity index is 2.51. The third-order valence-corrected chi connectivity index (χ3v) is 4.45. The molecule has 2 rings (SSSR count). The maximum atomic E-state index is 5.89. The van der Waals surface area contributed by atoms with Gasteiger partial charge in [-0.15, -0.1) is 0 Å². The number of hydrogen-bond acceptors (Lipinski definition) is 3. The number of rotatable bonds is 2. The molecular formula is C15H18BrN3. The van der Waals surface area contributed by atoms with Crippen molar-refractivity contribution in [2.24, 2.45) is 5.73 Å². The highest BCUT2D eigenvalue weighted by atomic mass is 79.9. The summed E-state index contributed by atoms with van der Waals surface area (Å²) in [4.78, 5) is 9.01. The second-order valence-electron chi connectivity index (χ2n) is 4.95. The zero-order chi connectivity index (χ0) is 14.2. The van der Waals surface area contributed by atoms with E-state index in [1.165, 1.54) is 11.1 Å². The molecule has 1 heterocycles. The first-order valence-corrected chi connectivity index (χ1v) is 7.05. The van der Waals surface area contributed by atoms with E-state index >= 15 is 0 Å². The van der Waals surface area contributed by atoms with Crippen LogP contribution in [0.4, 0.5) is 0 Å². The highest BCUT2D eigenvalue weighted by molar-refractivity contribution is 9.10. The molecule has 0 radical (unpaired) electrons. The van der Waals surface area contributed by atoms with Crippen LogP contribution >= 0.6 is 15.9 Å². The quantitative estimate of drug-likeness (QED) is 0.914. The molecule has 19 heavy (non-hydrogen) atoms. The summed E-state index contributed by atoms with van der Waals surface area (Å²) >= 11 is 3.57. The van der Waals surface area contributed by atoms with Crippen LogP contribution in [-0.4, -0.2) is 9.97 Å². The fourth-order valence-corrected chi connectivity index (χ4v) is 2.37. The lowest BCUT2D eigenvalue weighted by atomic mass is 10.1. The molecule has 4 heteroatoms. The molecule has 100 valence electrons. The lowest BCUT2D eigenvalue weighted by Crippen LogP contribution is -2.09. The third-order valence-electron chi connectivity index (χ3n) is 3.20. The van der Waals surface area contributed by atoms with Gasteiger partial charge < -0.3 is 5.73 Å². The summed E-state index contributed by atoms with van der Waals surface area (Å²) in [5, 5.41) is 0. The molecule has 1 unspecified atom stereocenters. The van der Waals surface area contributed by atoms with Gasteiger partial charge in [-0.1, -0.05) is 15.9 Å². The fraction of sp³-hybridized carbons (Fsp3) is 0.333. The van der Waals surface area contributed by atoms with Gasteiger partial charge in [0, 0.05) is 33.5 Å². The van der Waals surface area contributed by atoms with Crippen molar-refractivity contribution in [3.8, 4) is 11.4 Å². The molecule has 0 amide bonds. The van der Waals surface area contributed by atoms with E-state index in [1.54, 1.807) is 0 Å². The van der Waals surface area contributed by atoms with Gasteiger partial charge in [0.2, 0.25) is 0 Å². The topological polar surface area (TPSA) is 51.8 Å². The molecule has 2 N–H and O–H groups in total. The highest BCUT2D eigenvalue weighted by Gasteiger charge is 2.10. The van der Waals surface area contributed by atoms with Crippen molar-refractivity contribution in [3.05, 3.63) is 45.2 Å². The Hall–Kier alpha value is -1.26. The van der Waals surface area contributed by atoms with E-state index < -0.39 is 0 Å². The Morgan fingerprint density at radius 1 is 1.16 bits per heavy atom. The first-order valence-electron chi connectivity index (χ1n) is 6.26. The Labute approximate surface area is 122 Å². The van der Waals surface area contributed by atoms with Crippen molar-refractivity contribution >= 4 is 15.9 Å². The van der Waals surface area contributed by atoms with Crippen LogP contribution in [0.25, 0.3) is 11.4 Å². The van der Waals surface area contributed by atoms with Gasteiger partial charge in [0.1, 0.15) is 0 Å². The van der Waals surface area contributed by atoms with Gasteiger partial charge in [0.15, 0.2) is 5.82 Å². The van der Waals surface area contributed by atoms with Gasteiger partial charge in [-0.2, -0.15) is 0 Å². The van der Waals surface area contributed by atoms with Crippen molar-refractivity contribution in [3.63, 3.8) is 0 Å². The molecule has 0 fully saturated rings. The van der Waals surface area contributed by atoms with Crippen LogP contribution in [0.2, 0.25) is 0 Å². The van der Waals surface area contributed by atoms with Gasteiger partial charge in [-0.3, -0.25) is 0 Å². The molecule has 1 atom stereocenters. The second-order valence-corrected chi connectivity index (χ2v) is 5.74. The van der Waals surface area contributed by atoms with Crippen LogP contribution in [0.1, 0.15) is 35.3 Å². The monoisotopic (exact) mass is 319 g/mol. The number of hydrogen-bond donors (Lipinski definition) is 1. The zero-order valence-electron chi connectivity index (χ0n) is 11.7. The number of nitrogens with zero attached hydrogens (tertiary/aromatic N) is 2. The van der Waals surface area contributed by atoms with E-state index in [9.17, 15) is 0 Å². The van der Waals surface area contributed by atoms with Crippen LogP contribution < -0.4 is 5.73 Å². The SMILES string of the molecule is Cc1cc(-c2ncc(C(C)N)c(C)n2)cc(C)c1Br. The molecule has 0 aliphatic carbocycles. The lowest BCUT2D eigenvalue weighted by molar-refractivity contribution is 0.790. The van der Waals surface area contributed by atoms with Gasteiger partial charge in [-0.05, 0) is 51.0 Å². The first kappa shape index (κ1) is 14.2. The minimum absolute atomic E-state index is 0.0394. The molecule has 0 saturated heterocycles. The first-order chi connectivity index (χ1) is 8.90. The van der Waals surface area contributed by atoms with Crippen LogP contribution in [0.15, 0.2) is 22.8 Å². The Bertz CT molecular complexity index is 598. The number of halogens is 1. The van der Waals surface area contributed by atoms with Crippen LogP contribution in [0, 0.1) is 20.8 Å². The molecule has 2 aromatic rings. The van der Waals surface area contributed by atoms with E-state index in [0.717, 1.165) is 27.1 Å². The number of aromatic nitrogens is 2. The number of benzene rings is 1. The van der Waals surface area contributed by atoms with Crippen LogP contribution in [-0.2, 0) is 0 Å². The average Bonchev–Trinajstić information content (AvgIpc) is 2.34. The van der Waals surface area contributed by atoms with E-state index in [2.05, 4.69) is 51.9 Å². The number of aryl methyl sites for hydroxylation is 3. The van der Waals surface area contributed by atoms with Gasteiger partial charge >= 0.3 is 0 Å². The summed E-state index contributed by atoms with van der Waals surface area (Å²) in [6, 6.07) is 4.15. The molecule has 0 bridgehead atoms. The maximum Gasteiger partial charge on any atom is 0.159 e. The summed E-state index contributed by atoms with van der Waals surface area (Å²) in [7, 11) is 0. The average molecular weight is 320 g/mol. The zero-order valence-corrected chi connectivity index (χ0v) is 13.2. The van der Waals surface area contributed by atoms with E-state index in [4.69, 9.17) is 5.73 Å². The molecule has 0 aliphatic rings. The standard InChI is InChI=1S/C15H18BrN3/c1-8-5-12(6-9(2)14(8)16)15-18-7-13(10(3)17)11(4)19-15/h5-7,10H,17H2,1-4H3. The predicted molar refractivity (Wildman–Crippen MR) is 82.0 cm³/mol. The summed E-state index contributed by atoms with van der Waals surface area (Å²) in [5.41, 5.74) is 11.2. The Kier molecular flexibility index (Phi) is 4.02. The van der Waals surface area contributed by atoms with Gasteiger partial charge in [0.25, 0.3) is 0 Å². The second kappa shape index (κ2) is 5.39. The molecule has 0 aliphatic heterocycles. The molecule has 3 nitrogen and oxygen atoms in total. The van der Waals surface area contributed by atoms with E-state index in [-0.39, 0.29) is 6.04 Å². The normalized spacial score (nSPS) is 12.5. The molecule has 0 saturated carbocycles. The Morgan fingerprint density at radius 3 is 2.21 bits per heavy atom. The van der Waals surface area contributed by atoms with E-state index in [1.807, 2.05) is 20.0 Å². The summed E-state index contributed by atoms with van der Waals surface area (Å²) in [5.74, 6) is 0.751. The number of nitrogens with two attached hydrogens (primary N) is 1. The van der Waals surface area contributed by atoms with Crippen molar-refractivity contribution in [1.82, 2.24) is 9.97 Å². The maximum absolute atomic E-state index is 5.89. The molecule has 1 aromatic heterocycles. The summed E-state index contributed by atoms with van der Waals surface area (Å²) < 4.78 is 1.14. The Morgan fingerprint density at radius 2 is 1.74 bits per heavy atom. The largest absolute Gasteiger partial charge is 0.324 e. The van der Waals surface area contributed by atoms with Crippen LogP contribution in [0.5, 0.6) is 0 Å². The highest BCUT2D eigenvalue weighted by Crippen LogP contribution is 2.27. The fourth-order valence-electron chi connectivity index (χ4n) is 2.14. The molecular weight excluding hydrogens is 302 g/mol. The van der Waals surface area contributed by atoms with Crippen molar-refractivity contribution < 1.29 is 0 Å². The minimum atomic E-state index is -0.0394. The van der Waals surface area contributed by atoms with Crippen molar-refractivity contribution in [2.75, 3.05) is 0 Å². The van der Waals surface area contributed by atoms with E-state index in [0.29, 0.717) is 0 Å².